The van der Waals surface area contributed by atoms with Crippen molar-refractivity contribution in [2.45, 2.75) is 39.1 Å². The summed E-state index contributed by atoms with van der Waals surface area (Å²) in [5.41, 5.74) is 0.480. The zero-order valence-electron chi connectivity index (χ0n) is 18.1. The predicted octanol–water partition coefficient (Wildman–Crippen LogP) is 4.75. The molecule has 0 fully saturated rings. The molecule has 0 spiro atoms. The predicted molar refractivity (Wildman–Crippen MR) is 115 cm³/mol. The van der Waals surface area contributed by atoms with Crippen LogP contribution in [-0.4, -0.2) is 55.0 Å². The molecule has 0 saturated heterocycles. The maximum atomic E-state index is 14.0. The van der Waals surface area contributed by atoms with Crippen LogP contribution in [0.3, 0.4) is 0 Å². The van der Waals surface area contributed by atoms with E-state index in [0.29, 0.717) is 5.56 Å². The van der Waals surface area contributed by atoms with E-state index in [2.05, 4.69) is 5.10 Å². The molecular formula is C19H30N2O7P2. The number of nitrogens with zero attached hydrogens (tertiary/aromatic N) is 2. The Balaban J connectivity index is 2.65. The quantitative estimate of drug-likeness (QED) is 0.325. The molecule has 11 heteroatoms. The van der Waals surface area contributed by atoms with E-state index in [1.807, 2.05) is 0 Å². The van der Waals surface area contributed by atoms with Gasteiger partial charge < -0.3 is 18.1 Å². The molecule has 0 aliphatic carbocycles. The van der Waals surface area contributed by atoms with Crippen LogP contribution in [0.2, 0.25) is 0 Å². The van der Waals surface area contributed by atoms with Gasteiger partial charge in [-0.05, 0) is 27.7 Å². The summed E-state index contributed by atoms with van der Waals surface area (Å²) in [7, 11) is -6.84. The molecule has 1 aromatic rings. The van der Waals surface area contributed by atoms with Crippen molar-refractivity contribution in [3.8, 4) is 0 Å². The number of hydrogen-bond donors (Lipinski definition) is 0. The van der Waals surface area contributed by atoms with Crippen molar-refractivity contribution >= 4 is 26.7 Å². The van der Waals surface area contributed by atoms with Crippen LogP contribution in [0.15, 0.2) is 35.4 Å². The summed E-state index contributed by atoms with van der Waals surface area (Å²) in [5.74, 6) is -0.372. The van der Waals surface area contributed by atoms with Crippen LogP contribution in [0.25, 0.3) is 0 Å². The Labute approximate surface area is 177 Å². The second-order valence-corrected chi connectivity index (χ2v) is 11.2. The van der Waals surface area contributed by atoms with Gasteiger partial charge in [0, 0.05) is 19.0 Å². The van der Waals surface area contributed by atoms with Gasteiger partial charge in [-0.15, -0.1) is 0 Å². The average Bonchev–Trinajstić information content (AvgIpc) is 3.08. The fourth-order valence-electron chi connectivity index (χ4n) is 3.38. The van der Waals surface area contributed by atoms with Crippen LogP contribution in [-0.2, 0) is 27.2 Å². The van der Waals surface area contributed by atoms with Crippen molar-refractivity contribution in [1.82, 2.24) is 5.01 Å². The van der Waals surface area contributed by atoms with Gasteiger partial charge in [0.25, 0.3) is 5.02 Å². The van der Waals surface area contributed by atoms with Gasteiger partial charge in [0.2, 0.25) is 5.78 Å². The summed E-state index contributed by atoms with van der Waals surface area (Å²) in [4.78, 5) is 13.1. The highest BCUT2D eigenvalue weighted by Crippen LogP contribution is 2.81. The molecule has 0 N–H and O–H groups in total. The summed E-state index contributed by atoms with van der Waals surface area (Å²) >= 11 is 0. The molecule has 1 aliphatic heterocycles. The smallest absolute Gasteiger partial charge is 0.307 e. The molecular weight excluding hydrogens is 430 g/mol. The first-order valence-corrected chi connectivity index (χ1v) is 13.0. The Morgan fingerprint density at radius 1 is 0.933 bits per heavy atom. The zero-order valence-corrected chi connectivity index (χ0v) is 19.9. The summed E-state index contributed by atoms with van der Waals surface area (Å²) in [6.07, 6.45) is -0.272. The standard InChI is InChI=1S/C19H30N2O7P2/c1-6-25-29(23,26-7-2)19(30(24,27-8-3)28-9-4)15-17(20-21(19)5)18(22)16-13-11-10-12-14-16/h10-14H,6-9,15H2,1-5H3. The lowest BCUT2D eigenvalue weighted by Crippen LogP contribution is -2.43. The van der Waals surface area contributed by atoms with Gasteiger partial charge in [-0.2, -0.15) is 5.10 Å². The lowest BCUT2D eigenvalue weighted by atomic mass is 10.1. The molecule has 9 nitrogen and oxygen atoms in total. The second-order valence-electron chi connectivity index (χ2n) is 6.38. The normalized spacial score (nSPS) is 16.6. The van der Waals surface area contributed by atoms with Crippen LogP contribution in [0.1, 0.15) is 44.5 Å². The number of carbonyl (C=O) groups excluding carboxylic acids is 1. The Morgan fingerprint density at radius 3 is 1.77 bits per heavy atom. The van der Waals surface area contributed by atoms with Gasteiger partial charge in [-0.3, -0.25) is 18.9 Å². The zero-order chi connectivity index (χ0) is 22.4. The van der Waals surface area contributed by atoms with E-state index in [0.717, 1.165) is 0 Å². The summed E-state index contributed by atoms with van der Waals surface area (Å²) < 4.78 is 50.4. The minimum absolute atomic E-state index is 0.0348. The molecule has 0 saturated carbocycles. The van der Waals surface area contributed by atoms with Gasteiger partial charge in [-0.25, -0.2) is 0 Å². The highest BCUT2D eigenvalue weighted by atomic mass is 31.2. The van der Waals surface area contributed by atoms with Gasteiger partial charge in [0.05, 0.1) is 26.4 Å². The molecule has 1 aliphatic rings. The number of hydrogen-bond acceptors (Lipinski definition) is 9. The van der Waals surface area contributed by atoms with E-state index in [1.54, 1.807) is 58.0 Å². The van der Waals surface area contributed by atoms with E-state index in [-0.39, 0.29) is 44.3 Å². The molecule has 0 unspecified atom stereocenters. The van der Waals surface area contributed by atoms with Crippen molar-refractivity contribution in [1.29, 1.82) is 0 Å². The maximum Gasteiger partial charge on any atom is 0.370 e. The van der Waals surface area contributed by atoms with E-state index in [9.17, 15) is 13.9 Å². The largest absolute Gasteiger partial charge is 0.370 e. The fourth-order valence-corrected chi connectivity index (χ4v) is 9.10. The third kappa shape index (κ3) is 4.33. The first kappa shape index (κ1) is 24.9. The third-order valence-electron chi connectivity index (χ3n) is 4.57. The summed E-state index contributed by atoms with van der Waals surface area (Å²) in [6.45, 7) is 6.74. The van der Waals surface area contributed by atoms with Crippen molar-refractivity contribution in [3.05, 3.63) is 35.9 Å². The van der Waals surface area contributed by atoms with Crippen LogP contribution in [0, 0.1) is 0 Å². The number of Topliss-reactive ketones (excluding diaryl/α,β-unsaturated/α-hetero) is 1. The monoisotopic (exact) mass is 460 g/mol. The SMILES string of the molecule is CCOP(=O)(OCC)C1(P(=O)(OCC)OCC)CC(C(=O)c2ccccc2)=NN1C. The molecule has 2 rings (SSSR count). The summed E-state index contributed by atoms with van der Waals surface area (Å²) in [5, 5.41) is 3.61. The Kier molecular flexibility index (Phi) is 8.57. The summed E-state index contributed by atoms with van der Waals surface area (Å²) in [6, 6.07) is 8.56. The van der Waals surface area contributed by atoms with Crippen molar-refractivity contribution in [3.63, 3.8) is 0 Å². The van der Waals surface area contributed by atoms with Crippen molar-refractivity contribution in [2.24, 2.45) is 5.10 Å². The van der Waals surface area contributed by atoms with Gasteiger partial charge >= 0.3 is 15.2 Å². The lowest BCUT2D eigenvalue weighted by molar-refractivity contribution is 0.106. The Hall–Kier alpha value is -1.34. The molecule has 0 amide bonds. The van der Waals surface area contributed by atoms with E-state index in [1.165, 1.54) is 12.1 Å². The third-order valence-corrected chi connectivity index (χ3v) is 11.1. The van der Waals surface area contributed by atoms with Gasteiger partial charge in [-0.1, -0.05) is 30.3 Å². The molecule has 0 aromatic heterocycles. The second kappa shape index (κ2) is 10.3. The van der Waals surface area contributed by atoms with Crippen LogP contribution in [0.5, 0.6) is 0 Å². The number of ketones is 1. The van der Waals surface area contributed by atoms with Crippen LogP contribution in [0.4, 0.5) is 0 Å². The minimum Gasteiger partial charge on any atom is -0.307 e. The van der Waals surface area contributed by atoms with Crippen LogP contribution < -0.4 is 0 Å². The van der Waals surface area contributed by atoms with Crippen LogP contribution >= 0.6 is 15.2 Å². The molecule has 168 valence electrons. The fraction of sp³-hybridized carbons (Fsp3) is 0.579. The van der Waals surface area contributed by atoms with Crippen molar-refractivity contribution in [2.75, 3.05) is 33.5 Å². The topological polar surface area (TPSA) is 104 Å². The van der Waals surface area contributed by atoms with Crippen molar-refractivity contribution < 1.29 is 32.0 Å². The minimum atomic E-state index is -4.16. The first-order valence-electron chi connectivity index (χ1n) is 9.94. The molecule has 0 radical (unpaired) electrons. The number of rotatable bonds is 12. The average molecular weight is 460 g/mol. The lowest BCUT2D eigenvalue weighted by Gasteiger charge is -2.42. The molecule has 0 bridgehead atoms. The number of benzene rings is 1. The molecule has 30 heavy (non-hydrogen) atoms. The Bertz CT molecular complexity index is 810. The highest BCUT2D eigenvalue weighted by molar-refractivity contribution is 7.74. The van der Waals surface area contributed by atoms with Gasteiger partial charge in [0.1, 0.15) is 5.71 Å². The number of hydrazone groups is 1. The van der Waals surface area contributed by atoms with Gasteiger partial charge in [0.15, 0.2) is 0 Å². The van der Waals surface area contributed by atoms with E-state index >= 15 is 0 Å². The number of carbonyl (C=O) groups is 1. The highest BCUT2D eigenvalue weighted by Gasteiger charge is 2.71. The van der Waals surface area contributed by atoms with E-state index in [4.69, 9.17) is 18.1 Å². The molecule has 1 aromatic carbocycles. The maximum absolute atomic E-state index is 14.0. The Morgan fingerprint density at radius 2 is 1.37 bits per heavy atom. The van der Waals surface area contributed by atoms with E-state index < -0.39 is 20.2 Å². The molecule has 0 atom stereocenters. The molecule has 1 heterocycles. The first-order chi connectivity index (χ1) is 14.2.